The summed E-state index contributed by atoms with van der Waals surface area (Å²) in [6.45, 7) is 6.63. The molecule has 1 N–H and O–H groups in total. The maximum absolute atomic E-state index is 4.45. The molecule has 0 amide bonds. The zero-order chi connectivity index (χ0) is 12.1. The lowest BCUT2D eigenvalue weighted by atomic mass is 9.99. The molecule has 1 aromatic heterocycles. The molecular formula is C14H23N3. The molecule has 3 heteroatoms. The van der Waals surface area contributed by atoms with Gasteiger partial charge in [-0.2, -0.15) is 0 Å². The van der Waals surface area contributed by atoms with Crippen LogP contribution in [0, 0.1) is 12.8 Å². The Kier molecular flexibility index (Phi) is 4.51. The van der Waals surface area contributed by atoms with Gasteiger partial charge in [-0.05, 0) is 57.5 Å². The van der Waals surface area contributed by atoms with Gasteiger partial charge in [0.25, 0.3) is 0 Å². The molecule has 1 fully saturated rings. The van der Waals surface area contributed by atoms with Gasteiger partial charge in [0.05, 0.1) is 5.69 Å². The summed E-state index contributed by atoms with van der Waals surface area (Å²) in [5.74, 6) is 0.803. The molecule has 0 aromatic carbocycles. The van der Waals surface area contributed by atoms with E-state index < -0.39 is 0 Å². The van der Waals surface area contributed by atoms with Crippen molar-refractivity contribution in [3.8, 4) is 0 Å². The minimum atomic E-state index is 0.803. The van der Waals surface area contributed by atoms with E-state index in [-0.39, 0.29) is 0 Å². The summed E-state index contributed by atoms with van der Waals surface area (Å²) in [4.78, 5) is 6.85. The molecule has 17 heavy (non-hydrogen) atoms. The highest BCUT2D eigenvalue weighted by Crippen LogP contribution is 2.13. The van der Waals surface area contributed by atoms with E-state index in [1.807, 2.05) is 12.3 Å². The zero-order valence-electron chi connectivity index (χ0n) is 10.9. The third kappa shape index (κ3) is 3.79. The van der Waals surface area contributed by atoms with Crippen LogP contribution in [-0.2, 0) is 6.54 Å². The molecule has 1 aliphatic heterocycles. The largest absolute Gasteiger partial charge is 0.316 e. The van der Waals surface area contributed by atoms with Gasteiger partial charge >= 0.3 is 0 Å². The van der Waals surface area contributed by atoms with E-state index in [4.69, 9.17) is 0 Å². The second-order valence-corrected chi connectivity index (χ2v) is 5.18. The highest BCUT2D eigenvalue weighted by atomic mass is 15.1. The lowest BCUT2D eigenvalue weighted by molar-refractivity contribution is 0.235. The van der Waals surface area contributed by atoms with E-state index in [1.165, 1.54) is 43.7 Å². The molecule has 0 spiro atoms. The molecule has 0 bridgehead atoms. The summed E-state index contributed by atoms with van der Waals surface area (Å²) < 4.78 is 0. The molecule has 2 rings (SSSR count). The average molecular weight is 233 g/mol. The van der Waals surface area contributed by atoms with Gasteiger partial charge in [0.15, 0.2) is 0 Å². The summed E-state index contributed by atoms with van der Waals surface area (Å²) in [6.07, 6.45) is 4.57. The normalized spacial score (nSPS) is 20.8. The molecular weight excluding hydrogens is 210 g/mol. The number of nitrogens with zero attached hydrogens (tertiary/aromatic N) is 2. The van der Waals surface area contributed by atoms with Crippen molar-refractivity contribution in [1.82, 2.24) is 15.2 Å². The number of aryl methyl sites for hydroxylation is 1. The highest BCUT2D eigenvalue weighted by Gasteiger charge is 2.15. The van der Waals surface area contributed by atoms with Gasteiger partial charge < -0.3 is 10.2 Å². The standard InChI is InChI=1S/C14H23N3/c1-12-5-3-8-16-14(12)11-17(2)10-13-6-4-7-15-9-13/h3,5,8,13,15H,4,6-7,9-11H2,1-2H3. The Balaban J connectivity index is 1.84. The van der Waals surface area contributed by atoms with E-state index >= 15 is 0 Å². The van der Waals surface area contributed by atoms with Gasteiger partial charge in [0, 0.05) is 19.3 Å². The molecule has 2 heterocycles. The van der Waals surface area contributed by atoms with Crippen molar-refractivity contribution >= 4 is 0 Å². The van der Waals surface area contributed by atoms with Crippen molar-refractivity contribution in [3.05, 3.63) is 29.6 Å². The molecule has 1 unspecified atom stereocenters. The Bertz CT molecular complexity index is 345. The topological polar surface area (TPSA) is 28.2 Å². The summed E-state index contributed by atoms with van der Waals surface area (Å²) >= 11 is 0. The zero-order valence-corrected chi connectivity index (χ0v) is 10.9. The van der Waals surface area contributed by atoms with Crippen LogP contribution in [0.2, 0.25) is 0 Å². The maximum Gasteiger partial charge on any atom is 0.0572 e. The summed E-state index contributed by atoms with van der Waals surface area (Å²) in [6, 6.07) is 4.14. The molecule has 1 aliphatic rings. The predicted octanol–water partition coefficient (Wildman–Crippen LogP) is 1.82. The SMILES string of the molecule is Cc1cccnc1CN(C)CC1CCCNC1. The Hall–Kier alpha value is -0.930. The van der Waals surface area contributed by atoms with Crippen LogP contribution >= 0.6 is 0 Å². The van der Waals surface area contributed by atoms with Gasteiger partial charge in [-0.15, -0.1) is 0 Å². The minimum Gasteiger partial charge on any atom is -0.316 e. The summed E-state index contributed by atoms with van der Waals surface area (Å²) in [5, 5.41) is 3.47. The van der Waals surface area contributed by atoms with E-state index in [2.05, 4.69) is 35.2 Å². The first kappa shape index (κ1) is 12.5. The molecule has 94 valence electrons. The number of hydrogen-bond acceptors (Lipinski definition) is 3. The van der Waals surface area contributed by atoms with E-state index in [0.717, 1.165) is 12.5 Å². The summed E-state index contributed by atoms with van der Waals surface area (Å²) in [7, 11) is 2.20. The van der Waals surface area contributed by atoms with Gasteiger partial charge in [-0.25, -0.2) is 0 Å². The van der Waals surface area contributed by atoms with E-state index in [9.17, 15) is 0 Å². The van der Waals surface area contributed by atoms with Crippen molar-refractivity contribution in [2.75, 3.05) is 26.7 Å². The third-order valence-electron chi connectivity index (χ3n) is 3.51. The van der Waals surface area contributed by atoms with Crippen LogP contribution in [0.3, 0.4) is 0 Å². The van der Waals surface area contributed by atoms with Gasteiger partial charge in [0.2, 0.25) is 0 Å². The second kappa shape index (κ2) is 6.12. The van der Waals surface area contributed by atoms with Crippen molar-refractivity contribution in [3.63, 3.8) is 0 Å². The molecule has 0 saturated carbocycles. The Labute approximate surface area is 104 Å². The van der Waals surface area contributed by atoms with Crippen molar-refractivity contribution < 1.29 is 0 Å². The van der Waals surface area contributed by atoms with Gasteiger partial charge in [-0.1, -0.05) is 6.07 Å². The van der Waals surface area contributed by atoms with Crippen molar-refractivity contribution in [2.45, 2.75) is 26.3 Å². The maximum atomic E-state index is 4.45. The van der Waals surface area contributed by atoms with E-state index in [0.29, 0.717) is 0 Å². The number of nitrogens with one attached hydrogen (secondary N) is 1. The third-order valence-corrected chi connectivity index (χ3v) is 3.51. The fourth-order valence-corrected chi connectivity index (χ4v) is 2.52. The predicted molar refractivity (Wildman–Crippen MR) is 70.9 cm³/mol. The van der Waals surface area contributed by atoms with Crippen molar-refractivity contribution in [2.24, 2.45) is 5.92 Å². The Morgan fingerprint density at radius 3 is 3.12 bits per heavy atom. The number of pyridine rings is 1. The van der Waals surface area contributed by atoms with Gasteiger partial charge in [0.1, 0.15) is 0 Å². The fraction of sp³-hybridized carbons (Fsp3) is 0.643. The smallest absolute Gasteiger partial charge is 0.0572 e. The lowest BCUT2D eigenvalue weighted by Crippen LogP contribution is -2.36. The average Bonchev–Trinajstić information content (AvgIpc) is 2.33. The Morgan fingerprint density at radius 2 is 2.41 bits per heavy atom. The first-order valence-electron chi connectivity index (χ1n) is 6.55. The molecule has 1 saturated heterocycles. The first-order chi connectivity index (χ1) is 8.25. The van der Waals surface area contributed by atoms with Crippen LogP contribution < -0.4 is 5.32 Å². The highest BCUT2D eigenvalue weighted by molar-refractivity contribution is 5.17. The Morgan fingerprint density at radius 1 is 1.53 bits per heavy atom. The molecule has 0 radical (unpaired) electrons. The minimum absolute atomic E-state index is 0.803. The van der Waals surface area contributed by atoms with Crippen LogP contribution in [0.15, 0.2) is 18.3 Å². The molecule has 1 aromatic rings. The number of piperidine rings is 1. The number of rotatable bonds is 4. The second-order valence-electron chi connectivity index (χ2n) is 5.18. The molecule has 0 aliphatic carbocycles. The summed E-state index contributed by atoms with van der Waals surface area (Å²) in [5.41, 5.74) is 2.50. The molecule has 1 atom stereocenters. The fourth-order valence-electron chi connectivity index (χ4n) is 2.52. The molecule has 3 nitrogen and oxygen atoms in total. The van der Waals surface area contributed by atoms with Crippen LogP contribution in [0.5, 0.6) is 0 Å². The van der Waals surface area contributed by atoms with Crippen LogP contribution in [0.1, 0.15) is 24.1 Å². The monoisotopic (exact) mass is 233 g/mol. The van der Waals surface area contributed by atoms with E-state index in [1.54, 1.807) is 0 Å². The first-order valence-corrected chi connectivity index (χ1v) is 6.55. The quantitative estimate of drug-likeness (QED) is 0.860. The number of aromatic nitrogens is 1. The van der Waals surface area contributed by atoms with Crippen molar-refractivity contribution in [1.29, 1.82) is 0 Å². The van der Waals surface area contributed by atoms with Gasteiger partial charge in [-0.3, -0.25) is 4.98 Å². The van der Waals surface area contributed by atoms with Crippen LogP contribution in [0.25, 0.3) is 0 Å². The van der Waals surface area contributed by atoms with Crippen LogP contribution in [-0.4, -0.2) is 36.6 Å². The number of hydrogen-bond donors (Lipinski definition) is 1. The van der Waals surface area contributed by atoms with Crippen LogP contribution in [0.4, 0.5) is 0 Å². The lowest BCUT2D eigenvalue weighted by Gasteiger charge is -2.27.